The Morgan fingerprint density at radius 2 is 0.615 bits per heavy atom. The topological polar surface area (TPSA) is 19.7 Å². The summed E-state index contributed by atoms with van der Waals surface area (Å²) in [5.41, 5.74) is 0. The fraction of sp³-hybridized carbons (Fsp3) is 0.940. The first-order valence-corrected chi connectivity index (χ1v) is 24.8. The van der Waals surface area contributed by atoms with Gasteiger partial charge in [0.25, 0.3) is 5.82 Å². The zero-order chi connectivity index (χ0) is 37.4. The minimum atomic E-state index is 0.616. The molecule has 0 aliphatic heterocycles. The molecule has 0 spiro atoms. The zero-order valence-corrected chi connectivity index (χ0v) is 36.7. The molecule has 2 atom stereocenters. The smallest absolute Gasteiger partial charge is 0.247 e. The van der Waals surface area contributed by atoms with Crippen molar-refractivity contribution in [1.82, 2.24) is 4.98 Å². The number of H-pyrrole nitrogens is 1. The molecular formula is C50H99N2+. The van der Waals surface area contributed by atoms with E-state index in [0.717, 1.165) is 0 Å². The summed E-state index contributed by atoms with van der Waals surface area (Å²) in [5, 5.41) is 0. The number of aromatic amines is 1. The highest BCUT2D eigenvalue weighted by Gasteiger charge is 2.25. The number of imidazole rings is 1. The van der Waals surface area contributed by atoms with Gasteiger partial charge in [-0.05, 0) is 32.6 Å². The molecule has 52 heavy (non-hydrogen) atoms. The van der Waals surface area contributed by atoms with Crippen LogP contribution in [0.4, 0.5) is 0 Å². The average Bonchev–Trinajstić information content (AvgIpc) is 3.65. The molecule has 1 rings (SSSR count). The van der Waals surface area contributed by atoms with Gasteiger partial charge in [-0.15, -0.1) is 0 Å². The SMILES string of the molecule is CCCCCCCCCCCCCCCCC(CCCCCCCCCCCCC)c1[nH]cc[n+]1C(C)CCCCCCCCCCCCCCC. The maximum absolute atomic E-state index is 3.79. The molecule has 2 nitrogen and oxygen atoms in total. The van der Waals surface area contributed by atoms with Crippen molar-refractivity contribution in [2.75, 3.05) is 0 Å². The molecule has 2 unspecified atom stereocenters. The molecule has 0 aliphatic rings. The Hall–Kier alpha value is -0.790. The average molecular weight is 728 g/mol. The van der Waals surface area contributed by atoms with Crippen LogP contribution in [0.25, 0.3) is 0 Å². The molecule has 0 bridgehead atoms. The first-order chi connectivity index (χ1) is 25.7. The summed E-state index contributed by atoms with van der Waals surface area (Å²) in [5.74, 6) is 2.25. The summed E-state index contributed by atoms with van der Waals surface area (Å²) < 4.78 is 2.66. The second-order valence-electron chi connectivity index (χ2n) is 17.5. The molecule has 1 heterocycles. The number of hydrogen-bond donors (Lipinski definition) is 1. The lowest BCUT2D eigenvalue weighted by atomic mass is 9.92. The van der Waals surface area contributed by atoms with E-state index in [1.165, 1.54) is 263 Å². The summed E-state index contributed by atoms with van der Waals surface area (Å²) in [4.78, 5) is 3.79. The third kappa shape index (κ3) is 30.5. The van der Waals surface area contributed by atoms with Crippen LogP contribution in [0.3, 0.4) is 0 Å². The van der Waals surface area contributed by atoms with Gasteiger partial charge in [-0.2, -0.15) is 0 Å². The van der Waals surface area contributed by atoms with E-state index in [2.05, 4.69) is 49.6 Å². The van der Waals surface area contributed by atoms with Gasteiger partial charge in [-0.25, -0.2) is 9.55 Å². The van der Waals surface area contributed by atoms with E-state index in [0.29, 0.717) is 12.0 Å². The fourth-order valence-electron chi connectivity index (χ4n) is 8.73. The van der Waals surface area contributed by atoms with Gasteiger partial charge in [0.1, 0.15) is 12.4 Å². The van der Waals surface area contributed by atoms with E-state index in [1.54, 1.807) is 5.82 Å². The predicted molar refractivity (Wildman–Crippen MR) is 235 cm³/mol. The van der Waals surface area contributed by atoms with Crippen molar-refractivity contribution in [3.63, 3.8) is 0 Å². The predicted octanol–water partition coefficient (Wildman–Crippen LogP) is 18.0. The zero-order valence-electron chi connectivity index (χ0n) is 36.7. The van der Waals surface area contributed by atoms with Gasteiger partial charge in [-0.1, -0.05) is 258 Å². The lowest BCUT2D eigenvalue weighted by molar-refractivity contribution is -0.727. The maximum atomic E-state index is 3.79. The lowest BCUT2D eigenvalue weighted by Crippen LogP contribution is -2.41. The summed E-state index contributed by atoms with van der Waals surface area (Å²) >= 11 is 0. The number of nitrogens with one attached hydrogen (secondary N) is 1. The molecule has 308 valence electrons. The van der Waals surface area contributed by atoms with Crippen molar-refractivity contribution < 1.29 is 4.57 Å². The van der Waals surface area contributed by atoms with Crippen molar-refractivity contribution in [3.8, 4) is 0 Å². The van der Waals surface area contributed by atoms with Gasteiger partial charge in [0.05, 0.1) is 12.0 Å². The van der Waals surface area contributed by atoms with Gasteiger partial charge in [-0.3, -0.25) is 0 Å². The summed E-state index contributed by atoms with van der Waals surface area (Å²) in [7, 11) is 0. The van der Waals surface area contributed by atoms with Crippen LogP contribution in [0.2, 0.25) is 0 Å². The van der Waals surface area contributed by atoms with Crippen LogP contribution in [-0.4, -0.2) is 4.98 Å². The molecule has 0 aliphatic carbocycles. The van der Waals surface area contributed by atoms with Gasteiger partial charge in [0.15, 0.2) is 0 Å². The normalized spacial score (nSPS) is 12.9. The summed E-state index contributed by atoms with van der Waals surface area (Å²) in [6.07, 6.45) is 63.6. The van der Waals surface area contributed by atoms with E-state index in [-0.39, 0.29) is 0 Å². The van der Waals surface area contributed by atoms with E-state index >= 15 is 0 Å². The first kappa shape index (κ1) is 49.2. The highest BCUT2D eigenvalue weighted by Crippen LogP contribution is 2.28. The molecule has 0 amide bonds. The summed E-state index contributed by atoms with van der Waals surface area (Å²) in [6.45, 7) is 9.44. The highest BCUT2D eigenvalue weighted by atomic mass is 15.1. The van der Waals surface area contributed by atoms with Gasteiger partial charge >= 0.3 is 0 Å². The standard InChI is InChI=1S/C50H98N2/c1-5-8-11-14-17-20-23-25-27-30-33-36-39-42-45-49(44-41-38-35-32-28-22-19-16-13-10-7-3)50-51-46-47-52(50)48(4)43-40-37-34-31-29-26-24-21-18-15-12-9-6-2/h46-49H,5-45H2,1-4H3/p+1. The Kier molecular flexibility index (Phi) is 37.8. The number of unbranched alkanes of at least 4 members (excludes halogenated alkanes) is 35. The van der Waals surface area contributed by atoms with E-state index in [4.69, 9.17) is 0 Å². The molecule has 0 aromatic carbocycles. The van der Waals surface area contributed by atoms with Crippen LogP contribution in [-0.2, 0) is 0 Å². The Labute approximate surface area is 329 Å². The quantitative estimate of drug-likeness (QED) is 0.0510. The number of hydrogen-bond acceptors (Lipinski definition) is 0. The minimum Gasteiger partial charge on any atom is -0.247 e. The Balaban J connectivity index is 2.36. The molecule has 0 saturated carbocycles. The third-order valence-corrected chi connectivity index (χ3v) is 12.4. The number of nitrogens with zero attached hydrogens (tertiary/aromatic N) is 1. The van der Waals surface area contributed by atoms with Crippen LogP contribution >= 0.6 is 0 Å². The van der Waals surface area contributed by atoms with Crippen LogP contribution in [0.1, 0.15) is 309 Å². The molecule has 1 aromatic heterocycles. The number of rotatable bonds is 43. The molecule has 0 saturated heterocycles. The van der Waals surface area contributed by atoms with Crippen molar-refractivity contribution in [2.24, 2.45) is 0 Å². The number of aromatic nitrogens is 2. The lowest BCUT2D eigenvalue weighted by Gasteiger charge is -2.17. The van der Waals surface area contributed by atoms with E-state index < -0.39 is 0 Å². The molecule has 0 fully saturated rings. The van der Waals surface area contributed by atoms with Crippen molar-refractivity contribution in [1.29, 1.82) is 0 Å². The van der Waals surface area contributed by atoms with Crippen molar-refractivity contribution in [3.05, 3.63) is 18.2 Å². The minimum absolute atomic E-state index is 0.616. The monoisotopic (exact) mass is 728 g/mol. The molecule has 1 aromatic rings. The maximum Gasteiger partial charge on any atom is 0.257 e. The van der Waals surface area contributed by atoms with Crippen molar-refractivity contribution >= 4 is 0 Å². The largest absolute Gasteiger partial charge is 0.257 e. The Morgan fingerprint density at radius 1 is 0.365 bits per heavy atom. The second kappa shape index (κ2) is 39.9. The van der Waals surface area contributed by atoms with Crippen LogP contribution < -0.4 is 4.57 Å². The van der Waals surface area contributed by atoms with Gasteiger partial charge in [0, 0.05) is 0 Å². The third-order valence-electron chi connectivity index (χ3n) is 12.4. The van der Waals surface area contributed by atoms with Crippen LogP contribution in [0.5, 0.6) is 0 Å². The first-order valence-electron chi connectivity index (χ1n) is 24.8. The Morgan fingerprint density at radius 3 is 0.904 bits per heavy atom. The highest BCUT2D eigenvalue weighted by molar-refractivity contribution is 4.90. The second-order valence-corrected chi connectivity index (χ2v) is 17.5. The fourth-order valence-corrected chi connectivity index (χ4v) is 8.73. The molecule has 2 heteroatoms. The van der Waals surface area contributed by atoms with Crippen molar-refractivity contribution in [2.45, 2.75) is 303 Å². The van der Waals surface area contributed by atoms with Crippen LogP contribution in [0, 0.1) is 0 Å². The van der Waals surface area contributed by atoms with Gasteiger partial charge in [0.2, 0.25) is 0 Å². The summed E-state index contributed by atoms with van der Waals surface area (Å²) in [6, 6.07) is 0.616. The Bertz CT molecular complexity index is 798. The molecule has 0 radical (unpaired) electrons. The molecule has 1 N–H and O–H groups in total. The van der Waals surface area contributed by atoms with Crippen LogP contribution in [0.15, 0.2) is 12.4 Å². The molecular weight excluding hydrogens is 629 g/mol. The van der Waals surface area contributed by atoms with E-state index in [9.17, 15) is 0 Å². The van der Waals surface area contributed by atoms with E-state index in [1.807, 2.05) is 0 Å². The van der Waals surface area contributed by atoms with Gasteiger partial charge < -0.3 is 0 Å².